The first-order valence-corrected chi connectivity index (χ1v) is 6.82. The fourth-order valence-corrected chi connectivity index (χ4v) is 1.82. The van der Waals surface area contributed by atoms with Gasteiger partial charge in [-0.15, -0.1) is 6.42 Å². The lowest BCUT2D eigenvalue weighted by Crippen LogP contribution is -2.32. The van der Waals surface area contributed by atoms with E-state index in [1.54, 1.807) is 12.3 Å². The van der Waals surface area contributed by atoms with Gasteiger partial charge in [-0.05, 0) is 11.6 Å². The summed E-state index contributed by atoms with van der Waals surface area (Å²) >= 11 is 5.74. The number of rotatable bonds is 9. The summed E-state index contributed by atoms with van der Waals surface area (Å²) in [4.78, 5) is 15.8. The van der Waals surface area contributed by atoms with E-state index in [4.69, 9.17) is 22.8 Å². The van der Waals surface area contributed by atoms with Crippen LogP contribution in [0.4, 0.5) is 0 Å². The number of ether oxygens (including phenoxy) is 1. The second-order valence-corrected chi connectivity index (χ2v) is 4.70. The summed E-state index contributed by atoms with van der Waals surface area (Å²) in [6.07, 6.45) is 7.82. The number of nitrogens with zero attached hydrogens (tertiary/aromatic N) is 3. The van der Waals surface area contributed by atoms with E-state index in [9.17, 15) is 10.1 Å². The fourth-order valence-electron chi connectivity index (χ4n) is 1.70. The first-order chi connectivity index (χ1) is 10.5. The molecule has 0 amide bonds. The van der Waals surface area contributed by atoms with Crippen molar-refractivity contribution in [2.45, 2.75) is 6.54 Å². The lowest BCUT2D eigenvalue weighted by atomic mass is 10.2. The van der Waals surface area contributed by atoms with Crippen LogP contribution in [-0.2, 0) is 11.3 Å². The third-order valence-electron chi connectivity index (χ3n) is 2.68. The molecule has 0 atom stereocenters. The molecule has 7 nitrogen and oxygen atoms in total. The predicted octanol–water partition coefficient (Wildman–Crippen LogP) is 1.48. The number of terminal acetylenes is 1. The van der Waals surface area contributed by atoms with Gasteiger partial charge in [0.1, 0.15) is 5.15 Å². The largest absolute Gasteiger partial charge is 0.478 e. The number of pyridine rings is 1. The molecule has 1 aromatic rings. The maximum Gasteiger partial charge on any atom is 0.293 e. The van der Waals surface area contributed by atoms with Crippen LogP contribution in [-0.4, -0.2) is 41.6 Å². The monoisotopic (exact) mass is 324 g/mol. The molecule has 0 aliphatic heterocycles. The van der Waals surface area contributed by atoms with Crippen LogP contribution in [0, 0.1) is 22.5 Å². The molecule has 0 aliphatic carbocycles. The van der Waals surface area contributed by atoms with Crippen molar-refractivity contribution in [3.05, 3.63) is 51.2 Å². The van der Waals surface area contributed by atoms with Crippen LogP contribution >= 0.6 is 11.6 Å². The van der Waals surface area contributed by atoms with Gasteiger partial charge >= 0.3 is 0 Å². The minimum absolute atomic E-state index is 0.0961. The molecule has 8 heteroatoms. The normalized spacial score (nSPS) is 11.1. The van der Waals surface area contributed by atoms with E-state index < -0.39 is 4.92 Å². The Kier molecular flexibility index (Phi) is 7.75. The van der Waals surface area contributed by atoms with Crippen LogP contribution in [0.3, 0.4) is 0 Å². The van der Waals surface area contributed by atoms with Crippen molar-refractivity contribution in [2.75, 3.05) is 26.7 Å². The molecular formula is C14H17ClN4O3. The van der Waals surface area contributed by atoms with Crippen LogP contribution in [0.2, 0.25) is 5.15 Å². The van der Waals surface area contributed by atoms with E-state index in [1.165, 1.54) is 7.11 Å². The Balaban J connectivity index is 2.52. The van der Waals surface area contributed by atoms with Crippen LogP contribution in [0.25, 0.3) is 0 Å². The van der Waals surface area contributed by atoms with E-state index in [-0.39, 0.29) is 5.88 Å². The van der Waals surface area contributed by atoms with Crippen molar-refractivity contribution in [1.29, 1.82) is 0 Å². The van der Waals surface area contributed by atoms with Crippen molar-refractivity contribution in [3.8, 4) is 12.3 Å². The zero-order chi connectivity index (χ0) is 16.4. The van der Waals surface area contributed by atoms with E-state index >= 15 is 0 Å². The molecule has 0 fully saturated rings. The molecule has 0 bridgehead atoms. The second kappa shape index (κ2) is 9.60. The average Bonchev–Trinajstić information content (AvgIpc) is 2.48. The summed E-state index contributed by atoms with van der Waals surface area (Å²) in [7, 11) is 1.36. The highest BCUT2D eigenvalue weighted by atomic mass is 35.5. The minimum atomic E-state index is -0.579. The number of aromatic nitrogens is 1. The zero-order valence-corrected chi connectivity index (χ0v) is 12.9. The Morgan fingerprint density at radius 1 is 1.68 bits per heavy atom. The fraction of sp³-hybridized carbons (Fsp3) is 0.357. The Hall–Kier alpha value is -2.30. The Morgan fingerprint density at radius 3 is 3.00 bits per heavy atom. The van der Waals surface area contributed by atoms with Crippen LogP contribution in [0.1, 0.15) is 5.56 Å². The molecule has 118 valence electrons. The van der Waals surface area contributed by atoms with Gasteiger partial charge in [-0.2, -0.15) is 0 Å². The number of halogens is 1. The summed E-state index contributed by atoms with van der Waals surface area (Å²) in [6.45, 7) is 2.10. The minimum Gasteiger partial charge on any atom is -0.478 e. The van der Waals surface area contributed by atoms with Gasteiger partial charge < -0.3 is 10.1 Å². The van der Waals surface area contributed by atoms with Gasteiger partial charge in [0.15, 0.2) is 0 Å². The first-order valence-electron chi connectivity index (χ1n) is 6.44. The smallest absolute Gasteiger partial charge is 0.293 e. The summed E-state index contributed by atoms with van der Waals surface area (Å²) < 4.78 is 4.86. The van der Waals surface area contributed by atoms with E-state index in [0.717, 1.165) is 11.8 Å². The summed E-state index contributed by atoms with van der Waals surface area (Å²) in [5.74, 6) is 2.68. The zero-order valence-electron chi connectivity index (χ0n) is 12.2. The maximum atomic E-state index is 10.4. The summed E-state index contributed by atoms with van der Waals surface area (Å²) in [5, 5.41) is 13.7. The first kappa shape index (κ1) is 17.8. The van der Waals surface area contributed by atoms with Crippen molar-refractivity contribution < 1.29 is 9.66 Å². The van der Waals surface area contributed by atoms with Crippen LogP contribution in [0.15, 0.2) is 30.4 Å². The molecule has 1 rings (SSSR count). The van der Waals surface area contributed by atoms with E-state index in [1.807, 2.05) is 11.0 Å². The Morgan fingerprint density at radius 2 is 2.45 bits per heavy atom. The molecule has 0 unspecified atom stereocenters. The Labute approximate surface area is 134 Å². The standard InChI is InChI=1S/C14H17ClN4O3/c1-3-7-18(10-12-4-5-13(15)17-9-12)8-6-16-14(22-2)11-19(20)21/h1,4-5,9,11,16H,6-8,10H2,2H3/b14-11-. The van der Waals surface area contributed by atoms with Gasteiger partial charge in [-0.3, -0.25) is 15.0 Å². The Bertz CT molecular complexity index is 554. The molecular weight excluding hydrogens is 308 g/mol. The number of nitro groups is 1. The van der Waals surface area contributed by atoms with Crippen LogP contribution in [0.5, 0.6) is 0 Å². The molecule has 1 aromatic heterocycles. The van der Waals surface area contributed by atoms with Gasteiger partial charge in [0.05, 0.1) is 18.6 Å². The van der Waals surface area contributed by atoms with Crippen molar-refractivity contribution in [2.24, 2.45) is 0 Å². The SMILES string of the molecule is C#CCN(CCN/C(=C/[N+](=O)[O-])OC)Cc1ccc(Cl)nc1. The number of hydrogen-bond acceptors (Lipinski definition) is 6. The summed E-state index contributed by atoms with van der Waals surface area (Å²) in [5.41, 5.74) is 0.979. The van der Waals surface area contributed by atoms with Gasteiger partial charge in [0.2, 0.25) is 0 Å². The highest BCUT2D eigenvalue weighted by Crippen LogP contribution is 2.07. The summed E-state index contributed by atoms with van der Waals surface area (Å²) in [6, 6.07) is 3.59. The second-order valence-electron chi connectivity index (χ2n) is 4.31. The van der Waals surface area contributed by atoms with Gasteiger partial charge in [0.25, 0.3) is 12.1 Å². The number of hydrogen-bond donors (Lipinski definition) is 1. The highest BCUT2D eigenvalue weighted by molar-refractivity contribution is 6.29. The molecule has 22 heavy (non-hydrogen) atoms. The lowest BCUT2D eigenvalue weighted by Gasteiger charge is -2.20. The van der Waals surface area contributed by atoms with E-state index in [2.05, 4.69) is 16.2 Å². The lowest BCUT2D eigenvalue weighted by molar-refractivity contribution is -0.405. The molecule has 0 aromatic carbocycles. The quantitative estimate of drug-likeness (QED) is 0.244. The van der Waals surface area contributed by atoms with Crippen molar-refractivity contribution in [3.63, 3.8) is 0 Å². The third-order valence-corrected chi connectivity index (χ3v) is 2.90. The molecule has 0 saturated carbocycles. The molecule has 1 heterocycles. The van der Waals surface area contributed by atoms with Crippen LogP contribution < -0.4 is 5.32 Å². The number of methoxy groups -OCH3 is 1. The maximum absolute atomic E-state index is 10.4. The highest BCUT2D eigenvalue weighted by Gasteiger charge is 2.07. The van der Waals surface area contributed by atoms with Gasteiger partial charge in [-0.1, -0.05) is 23.6 Å². The van der Waals surface area contributed by atoms with Crippen molar-refractivity contribution in [1.82, 2.24) is 15.2 Å². The molecule has 0 spiro atoms. The predicted molar refractivity (Wildman–Crippen MR) is 83.4 cm³/mol. The number of nitrogens with one attached hydrogen (secondary N) is 1. The average molecular weight is 325 g/mol. The molecule has 0 saturated heterocycles. The van der Waals surface area contributed by atoms with Gasteiger partial charge in [-0.25, -0.2) is 4.98 Å². The topological polar surface area (TPSA) is 80.5 Å². The van der Waals surface area contributed by atoms with E-state index in [0.29, 0.717) is 31.3 Å². The molecule has 0 radical (unpaired) electrons. The van der Waals surface area contributed by atoms with Crippen molar-refractivity contribution >= 4 is 11.6 Å². The molecule has 0 aliphatic rings. The van der Waals surface area contributed by atoms with Gasteiger partial charge in [0, 0.05) is 25.8 Å². The third kappa shape index (κ3) is 6.92. The molecule has 1 N–H and O–H groups in total.